The first-order chi connectivity index (χ1) is 15.7. The fourth-order valence-electron chi connectivity index (χ4n) is 7.94. The van der Waals surface area contributed by atoms with Gasteiger partial charge in [0.2, 0.25) is 0 Å². The van der Waals surface area contributed by atoms with Crippen LogP contribution in [-0.4, -0.2) is 18.5 Å². The van der Waals surface area contributed by atoms with Crippen molar-refractivity contribution >= 4 is 12.6 Å². The third-order valence-electron chi connectivity index (χ3n) is 9.51. The van der Waals surface area contributed by atoms with Gasteiger partial charge in [-0.05, 0) is 109 Å². The van der Waals surface area contributed by atoms with Gasteiger partial charge in [0.15, 0.2) is 0 Å². The highest BCUT2D eigenvalue weighted by atomic mass is 32.1. The fourth-order valence-corrected chi connectivity index (χ4v) is 8.04. The Bertz CT molecular complexity index is 768. The lowest BCUT2D eigenvalue weighted by Crippen LogP contribution is -2.48. The topological polar surface area (TPSA) is 9.23 Å². The van der Waals surface area contributed by atoms with Crippen LogP contribution in [0.2, 0.25) is 0 Å². The molecule has 0 spiro atoms. The average Bonchev–Trinajstić information content (AvgIpc) is 3.11. The normalized spacial score (nSPS) is 35.6. The Balaban J connectivity index is 0.00000119. The fraction of sp³-hybridized carbons (Fsp3) is 0.733. The van der Waals surface area contributed by atoms with Gasteiger partial charge in [-0.1, -0.05) is 51.5 Å². The zero-order valence-electron chi connectivity index (χ0n) is 20.8. The van der Waals surface area contributed by atoms with Gasteiger partial charge >= 0.3 is 0 Å². The molecule has 1 aromatic rings. The van der Waals surface area contributed by atoms with Crippen molar-refractivity contribution in [1.29, 1.82) is 0 Å². The lowest BCUT2D eigenvalue weighted by Gasteiger charge is -2.54. The van der Waals surface area contributed by atoms with Crippen LogP contribution in [0.1, 0.15) is 107 Å². The Morgan fingerprint density at radius 1 is 1.16 bits per heavy atom. The summed E-state index contributed by atoms with van der Waals surface area (Å²) in [4.78, 5) is 0. The van der Waals surface area contributed by atoms with Gasteiger partial charge in [-0.15, -0.1) is 6.58 Å². The summed E-state index contributed by atoms with van der Waals surface area (Å²) in [6.45, 7) is 11.4. The molecule has 4 aliphatic rings. The second-order valence-electron chi connectivity index (χ2n) is 10.9. The number of aryl methyl sites for hydroxylation is 1. The minimum absolute atomic E-state index is 0.347. The van der Waals surface area contributed by atoms with E-state index in [-0.39, 0.29) is 0 Å². The molecular formula is C30H46OS. The summed E-state index contributed by atoms with van der Waals surface area (Å²) in [5, 5.41) is 0. The molecule has 0 aromatic heterocycles. The molecule has 0 bridgehead atoms. The zero-order chi connectivity index (χ0) is 22.7. The largest absolute Gasteiger partial charge is 0.377 e. The van der Waals surface area contributed by atoms with Crippen LogP contribution in [-0.2, 0) is 11.2 Å². The average molecular weight is 455 g/mol. The third kappa shape index (κ3) is 4.36. The van der Waals surface area contributed by atoms with Gasteiger partial charge in [0.25, 0.3) is 0 Å². The molecule has 3 saturated carbocycles. The maximum atomic E-state index is 6.39. The van der Waals surface area contributed by atoms with E-state index in [9.17, 15) is 0 Å². The Labute approximate surface area is 203 Å². The number of rotatable bonds is 7. The van der Waals surface area contributed by atoms with Crippen molar-refractivity contribution in [1.82, 2.24) is 0 Å². The summed E-state index contributed by atoms with van der Waals surface area (Å²) in [5.41, 5.74) is 5.38. The van der Waals surface area contributed by atoms with E-state index in [4.69, 9.17) is 4.74 Å². The molecule has 0 aliphatic heterocycles. The predicted octanol–water partition coefficient (Wildman–Crippen LogP) is 8.34. The maximum absolute atomic E-state index is 6.39. The van der Waals surface area contributed by atoms with Crippen LogP contribution in [0.15, 0.2) is 30.9 Å². The first-order valence-electron chi connectivity index (χ1n) is 13.6. The zero-order valence-corrected chi connectivity index (χ0v) is 21.7. The van der Waals surface area contributed by atoms with Gasteiger partial charge < -0.3 is 4.74 Å². The molecule has 2 heteroatoms. The van der Waals surface area contributed by atoms with Gasteiger partial charge in [-0.25, -0.2) is 0 Å². The standard InChI is InChI=1S/C28H40OS.C2H6/c1-3-4-6-22-18-28(2)25(13-14-26(28)29-15-16-30)24-12-10-21-17-20(19-7-5-8-19)9-11-23(21)27(22)24;1-2/h3,9,11,17,19,22,24-27,30H,1,4-8,10,12-16,18H2,2H3;1-2H3. The van der Waals surface area contributed by atoms with Gasteiger partial charge in [-0.2, -0.15) is 12.6 Å². The molecule has 5 rings (SSSR count). The molecule has 6 unspecified atom stereocenters. The smallest absolute Gasteiger partial charge is 0.0632 e. The number of fused-ring (bicyclic) bond motifs is 5. The molecule has 1 nitrogen and oxygen atoms in total. The Morgan fingerprint density at radius 2 is 1.97 bits per heavy atom. The summed E-state index contributed by atoms with van der Waals surface area (Å²) in [5.74, 6) is 4.87. The van der Waals surface area contributed by atoms with E-state index in [1.807, 2.05) is 13.8 Å². The third-order valence-corrected chi connectivity index (χ3v) is 9.69. The number of hydrogen-bond donors (Lipinski definition) is 1. The van der Waals surface area contributed by atoms with E-state index in [0.717, 1.165) is 48.4 Å². The van der Waals surface area contributed by atoms with Crippen LogP contribution in [0.25, 0.3) is 0 Å². The summed E-state index contributed by atoms with van der Waals surface area (Å²) in [6, 6.07) is 7.67. The van der Waals surface area contributed by atoms with Crippen molar-refractivity contribution in [3.05, 3.63) is 47.5 Å². The van der Waals surface area contributed by atoms with Gasteiger partial charge in [0.05, 0.1) is 12.7 Å². The summed E-state index contributed by atoms with van der Waals surface area (Å²) in [7, 11) is 0. The minimum atomic E-state index is 0.347. The molecule has 0 radical (unpaired) electrons. The van der Waals surface area contributed by atoms with E-state index in [1.54, 1.807) is 16.7 Å². The van der Waals surface area contributed by atoms with Crippen LogP contribution in [0, 0.1) is 23.2 Å². The van der Waals surface area contributed by atoms with Gasteiger partial charge in [0.1, 0.15) is 0 Å². The molecule has 0 amide bonds. The highest BCUT2D eigenvalue weighted by Gasteiger charge is 2.57. The number of benzene rings is 1. The number of allylic oxidation sites excluding steroid dienone is 1. The second kappa shape index (κ2) is 10.7. The maximum Gasteiger partial charge on any atom is 0.0632 e. The van der Waals surface area contributed by atoms with E-state index in [2.05, 4.69) is 50.4 Å². The van der Waals surface area contributed by atoms with Crippen molar-refractivity contribution in [3.8, 4) is 0 Å². The highest BCUT2D eigenvalue weighted by Crippen LogP contribution is 2.64. The van der Waals surface area contributed by atoms with Crippen molar-refractivity contribution in [3.63, 3.8) is 0 Å². The van der Waals surface area contributed by atoms with E-state index in [1.165, 1.54) is 57.8 Å². The molecule has 6 atom stereocenters. The molecule has 178 valence electrons. The Kier molecular flexibility index (Phi) is 8.14. The van der Waals surface area contributed by atoms with E-state index >= 15 is 0 Å². The van der Waals surface area contributed by atoms with Crippen molar-refractivity contribution < 1.29 is 4.74 Å². The van der Waals surface area contributed by atoms with E-state index < -0.39 is 0 Å². The first kappa shape index (κ1) is 24.4. The van der Waals surface area contributed by atoms with Crippen molar-refractivity contribution in [2.75, 3.05) is 12.4 Å². The number of ether oxygens (including phenoxy) is 1. The predicted molar refractivity (Wildman–Crippen MR) is 141 cm³/mol. The van der Waals surface area contributed by atoms with Crippen LogP contribution in [0.3, 0.4) is 0 Å². The quantitative estimate of drug-likeness (QED) is 0.322. The van der Waals surface area contributed by atoms with Crippen molar-refractivity contribution in [2.45, 2.75) is 103 Å². The minimum Gasteiger partial charge on any atom is -0.377 e. The molecule has 3 fully saturated rings. The van der Waals surface area contributed by atoms with Crippen LogP contribution in [0.4, 0.5) is 0 Å². The van der Waals surface area contributed by atoms with E-state index in [0.29, 0.717) is 11.5 Å². The van der Waals surface area contributed by atoms with Crippen LogP contribution in [0.5, 0.6) is 0 Å². The molecule has 32 heavy (non-hydrogen) atoms. The second-order valence-corrected chi connectivity index (χ2v) is 11.4. The molecule has 0 saturated heterocycles. The van der Waals surface area contributed by atoms with Crippen LogP contribution < -0.4 is 0 Å². The lowest BCUT2D eigenvalue weighted by atomic mass is 9.51. The highest BCUT2D eigenvalue weighted by molar-refractivity contribution is 7.80. The number of hydrogen-bond acceptors (Lipinski definition) is 2. The Morgan fingerprint density at radius 3 is 2.66 bits per heavy atom. The van der Waals surface area contributed by atoms with Crippen LogP contribution >= 0.6 is 12.6 Å². The van der Waals surface area contributed by atoms with Gasteiger partial charge in [-0.3, -0.25) is 0 Å². The van der Waals surface area contributed by atoms with Crippen molar-refractivity contribution in [2.24, 2.45) is 23.2 Å². The lowest BCUT2D eigenvalue weighted by molar-refractivity contribution is -0.0779. The molecule has 1 aromatic carbocycles. The molecule has 0 N–H and O–H groups in total. The summed E-state index contributed by atoms with van der Waals surface area (Å²) >= 11 is 4.41. The summed E-state index contributed by atoms with van der Waals surface area (Å²) < 4.78 is 6.39. The Hall–Kier alpha value is -0.730. The van der Waals surface area contributed by atoms with Gasteiger partial charge in [0, 0.05) is 5.75 Å². The molecular weight excluding hydrogens is 408 g/mol. The SMILES string of the molecule is C=CCCC1CC2(C)C(OCCS)CCC2C2CCc3cc(C4CCC4)ccc3C12.CC. The first-order valence-corrected chi connectivity index (χ1v) is 14.2. The summed E-state index contributed by atoms with van der Waals surface area (Å²) in [6.07, 6.45) is 15.8. The molecule has 4 aliphatic carbocycles. The monoisotopic (exact) mass is 454 g/mol. The molecule has 0 heterocycles. The number of thiol groups is 1.